The zero-order valence-corrected chi connectivity index (χ0v) is 14.7. The Morgan fingerprint density at radius 3 is 2.61 bits per heavy atom. The van der Waals surface area contributed by atoms with Crippen LogP contribution in [0.15, 0.2) is 30.6 Å². The summed E-state index contributed by atoms with van der Waals surface area (Å²) >= 11 is 0. The van der Waals surface area contributed by atoms with Gasteiger partial charge in [-0.1, -0.05) is 0 Å². The van der Waals surface area contributed by atoms with Gasteiger partial charge in [0.05, 0.1) is 0 Å². The number of benzene rings is 1. The van der Waals surface area contributed by atoms with Crippen molar-refractivity contribution >= 4 is 11.7 Å². The van der Waals surface area contributed by atoms with Gasteiger partial charge in [-0.15, -0.1) is 0 Å². The molecular weight excluding hydrogens is 377 g/mol. The van der Waals surface area contributed by atoms with Gasteiger partial charge in [-0.3, -0.25) is 4.79 Å². The molecule has 4 rings (SSSR count). The van der Waals surface area contributed by atoms with Crippen molar-refractivity contribution in [3.63, 3.8) is 0 Å². The predicted octanol–water partition coefficient (Wildman–Crippen LogP) is 2.62. The van der Waals surface area contributed by atoms with Crippen LogP contribution in [0.5, 0.6) is 11.5 Å². The molecule has 28 heavy (non-hydrogen) atoms. The van der Waals surface area contributed by atoms with Crippen LogP contribution in [0, 0.1) is 0 Å². The van der Waals surface area contributed by atoms with E-state index in [0.717, 1.165) is 12.4 Å². The minimum absolute atomic E-state index is 0.0712. The van der Waals surface area contributed by atoms with Crippen LogP contribution >= 0.6 is 0 Å². The summed E-state index contributed by atoms with van der Waals surface area (Å²) in [4.78, 5) is 21.4. The first-order valence-electron chi connectivity index (χ1n) is 8.75. The molecule has 3 heterocycles. The summed E-state index contributed by atoms with van der Waals surface area (Å²) in [5.74, 6) is 1.15. The number of alkyl halides is 3. The number of amides is 1. The Hall–Kier alpha value is -3.04. The maximum Gasteiger partial charge on any atom is 0.433 e. The van der Waals surface area contributed by atoms with E-state index in [-0.39, 0.29) is 24.6 Å². The number of aromatic nitrogens is 2. The molecule has 2 aliphatic rings. The zero-order chi connectivity index (χ0) is 19.7. The second-order valence-electron chi connectivity index (χ2n) is 6.56. The van der Waals surface area contributed by atoms with Crippen LogP contribution in [0.2, 0.25) is 0 Å². The molecule has 148 valence electrons. The molecule has 2 aromatic rings. The highest BCUT2D eigenvalue weighted by Crippen LogP contribution is 2.33. The Morgan fingerprint density at radius 2 is 1.86 bits per heavy atom. The van der Waals surface area contributed by atoms with Crippen molar-refractivity contribution < 1.29 is 27.4 Å². The first-order chi connectivity index (χ1) is 13.4. The third-order valence-electron chi connectivity index (χ3n) is 4.73. The van der Waals surface area contributed by atoms with E-state index in [9.17, 15) is 18.0 Å². The molecule has 1 fully saturated rings. The Labute approximate surface area is 158 Å². The highest BCUT2D eigenvalue weighted by molar-refractivity contribution is 5.95. The maximum absolute atomic E-state index is 12.8. The van der Waals surface area contributed by atoms with Gasteiger partial charge in [-0.2, -0.15) is 13.2 Å². The van der Waals surface area contributed by atoms with E-state index >= 15 is 0 Å². The van der Waals surface area contributed by atoms with Gasteiger partial charge in [0.25, 0.3) is 5.91 Å². The summed E-state index contributed by atoms with van der Waals surface area (Å²) in [6.45, 7) is 1.11. The normalized spacial score (nSPS) is 16.9. The second kappa shape index (κ2) is 7.17. The number of hydrogen-bond acceptors (Lipinski definition) is 6. The minimum atomic E-state index is -4.51. The van der Waals surface area contributed by atoms with Crippen molar-refractivity contribution in [2.45, 2.75) is 25.1 Å². The predicted molar refractivity (Wildman–Crippen MR) is 92.3 cm³/mol. The van der Waals surface area contributed by atoms with Crippen molar-refractivity contribution in [3.8, 4) is 11.5 Å². The van der Waals surface area contributed by atoms with Crippen LogP contribution in [-0.4, -0.2) is 41.8 Å². The van der Waals surface area contributed by atoms with E-state index in [4.69, 9.17) is 9.47 Å². The van der Waals surface area contributed by atoms with Crippen molar-refractivity contribution in [1.29, 1.82) is 0 Å². The number of nitrogens with zero attached hydrogens (tertiary/aromatic N) is 3. The van der Waals surface area contributed by atoms with Crippen molar-refractivity contribution in [3.05, 3.63) is 41.9 Å². The molecule has 2 aliphatic heterocycles. The molecule has 0 aliphatic carbocycles. The number of anilines is 1. The largest absolute Gasteiger partial charge is 0.454 e. The number of carbonyl (C=O) groups is 1. The quantitative estimate of drug-likeness (QED) is 0.863. The number of piperidine rings is 1. The van der Waals surface area contributed by atoms with Crippen LogP contribution in [0.1, 0.15) is 28.9 Å². The molecule has 1 aromatic carbocycles. The van der Waals surface area contributed by atoms with E-state index < -0.39 is 11.9 Å². The number of carbonyl (C=O) groups excluding carboxylic acids is 1. The summed E-state index contributed by atoms with van der Waals surface area (Å²) in [7, 11) is 0. The lowest BCUT2D eigenvalue weighted by molar-refractivity contribution is -0.141. The standard InChI is InChI=1S/C18H17F3N4O3/c19-18(20,21)15-8-16(23-9-22-15)25-5-3-12(4-6-25)24-17(26)11-1-2-13-14(7-11)28-10-27-13/h1-2,7-9,12H,3-6,10H2,(H,24,26). The Morgan fingerprint density at radius 1 is 1.11 bits per heavy atom. The number of ether oxygens (including phenoxy) is 2. The van der Waals surface area contributed by atoms with E-state index in [2.05, 4.69) is 15.3 Å². The molecule has 1 saturated heterocycles. The lowest BCUT2D eigenvalue weighted by Gasteiger charge is -2.33. The van der Waals surface area contributed by atoms with Crippen molar-refractivity contribution in [2.75, 3.05) is 24.8 Å². The topological polar surface area (TPSA) is 76.6 Å². The lowest BCUT2D eigenvalue weighted by atomic mass is 10.0. The summed E-state index contributed by atoms with van der Waals surface area (Å²) in [6.07, 6.45) is -2.39. The van der Waals surface area contributed by atoms with Gasteiger partial charge in [0, 0.05) is 30.8 Å². The fraction of sp³-hybridized carbons (Fsp3) is 0.389. The van der Waals surface area contributed by atoms with Crippen LogP contribution in [0.3, 0.4) is 0 Å². The average molecular weight is 394 g/mol. The van der Waals surface area contributed by atoms with Gasteiger partial charge in [0.1, 0.15) is 17.8 Å². The molecule has 0 radical (unpaired) electrons. The molecule has 1 amide bonds. The molecule has 0 atom stereocenters. The van der Waals surface area contributed by atoms with Crippen LogP contribution in [0.4, 0.5) is 19.0 Å². The first kappa shape index (κ1) is 18.3. The number of nitrogens with one attached hydrogen (secondary N) is 1. The number of fused-ring (bicyclic) bond motifs is 1. The first-order valence-corrected chi connectivity index (χ1v) is 8.75. The molecule has 0 saturated carbocycles. The van der Waals surface area contributed by atoms with Crippen molar-refractivity contribution in [2.24, 2.45) is 0 Å². The Kier molecular flexibility index (Phi) is 4.70. The average Bonchev–Trinajstić information content (AvgIpc) is 3.16. The smallest absolute Gasteiger partial charge is 0.433 e. The highest BCUT2D eigenvalue weighted by Gasteiger charge is 2.33. The Bertz CT molecular complexity index is 883. The molecule has 0 bridgehead atoms. The molecule has 10 heteroatoms. The number of rotatable bonds is 3. The highest BCUT2D eigenvalue weighted by atomic mass is 19.4. The van der Waals surface area contributed by atoms with Gasteiger partial charge in [0.2, 0.25) is 6.79 Å². The lowest BCUT2D eigenvalue weighted by Crippen LogP contribution is -2.45. The molecule has 0 unspecified atom stereocenters. The van der Waals surface area contributed by atoms with E-state index in [1.807, 2.05) is 0 Å². The molecule has 7 nitrogen and oxygen atoms in total. The van der Waals surface area contributed by atoms with Crippen LogP contribution < -0.4 is 19.7 Å². The van der Waals surface area contributed by atoms with Crippen molar-refractivity contribution in [1.82, 2.24) is 15.3 Å². The van der Waals surface area contributed by atoms with Gasteiger partial charge in [-0.05, 0) is 31.0 Å². The van der Waals surface area contributed by atoms with Crippen LogP contribution in [0.25, 0.3) is 0 Å². The van der Waals surface area contributed by atoms with Crippen LogP contribution in [-0.2, 0) is 6.18 Å². The SMILES string of the molecule is O=C(NC1CCN(c2cc(C(F)(F)F)ncn2)CC1)c1ccc2c(c1)OCO2. The van der Waals surface area contributed by atoms with Gasteiger partial charge in [0.15, 0.2) is 11.5 Å². The van der Waals surface area contributed by atoms with Gasteiger partial charge >= 0.3 is 6.18 Å². The fourth-order valence-electron chi connectivity index (χ4n) is 3.23. The molecule has 1 aromatic heterocycles. The van der Waals surface area contributed by atoms with Gasteiger partial charge < -0.3 is 19.7 Å². The minimum Gasteiger partial charge on any atom is -0.454 e. The maximum atomic E-state index is 12.8. The van der Waals surface area contributed by atoms with E-state index in [1.165, 1.54) is 0 Å². The number of hydrogen-bond donors (Lipinski definition) is 1. The fourth-order valence-corrected chi connectivity index (χ4v) is 3.23. The molecule has 1 N–H and O–H groups in total. The molecular formula is C18H17F3N4O3. The summed E-state index contributed by atoms with van der Waals surface area (Å²) in [5, 5.41) is 2.96. The van der Waals surface area contributed by atoms with E-state index in [0.29, 0.717) is 43.0 Å². The third kappa shape index (κ3) is 3.80. The molecule has 0 spiro atoms. The van der Waals surface area contributed by atoms with Gasteiger partial charge in [-0.25, -0.2) is 9.97 Å². The summed E-state index contributed by atoms with van der Waals surface area (Å²) in [5.41, 5.74) is -0.493. The third-order valence-corrected chi connectivity index (χ3v) is 4.73. The van der Waals surface area contributed by atoms with E-state index in [1.54, 1.807) is 23.1 Å². The summed E-state index contributed by atoms with van der Waals surface area (Å²) < 4.78 is 48.9. The Balaban J connectivity index is 1.35. The monoisotopic (exact) mass is 394 g/mol. The second-order valence-corrected chi connectivity index (χ2v) is 6.56. The summed E-state index contributed by atoms with van der Waals surface area (Å²) in [6, 6.07) is 5.86. The zero-order valence-electron chi connectivity index (χ0n) is 14.7. The number of halogens is 3.